The summed E-state index contributed by atoms with van der Waals surface area (Å²) in [5.41, 5.74) is -5.24. The van der Waals surface area contributed by atoms with Gasteiger partial charge in [-0.05, 0) is 6.07 Å². The first kappa shape index (κ1) is 16.9. The number of aromatic carboxylic acids is 1. The Morgan fingerprint density at radius 1 is 0.895 bits per heavy atom. The van der Waals surface area contributed by atoms with Crippen molar-refractivity contribution in [1.29, 1.82) is 0 Å². The summed E-state index contributed by atoms with van der Waals surface area (Å²) in [4.78, 5) is 38.3. The van der Waals surface area contributed by atoms with Gasteiger partial charge in [-0.1, -0.05) is 0 Å². The molecule has 11 nitrogen and oxygen atoms in total. The Labute approximate surface area is 125 Å². The van der Waals surface area contributed by atoms with Crippen molar-refractivity contribution in [2.24, 2.45) is 0 Å². The van der Waals surface area contributed by atoms with Gasteiger partial charge in [0.2, 0.25) is 0 Å². The number of hydrogen-bond acceptors (Lipinski definition) is 8. The summed E-state index contributed by atoms with van der Waals surface area (Å²) in [6.45, 7) is 0. The molecule has 0 aromatic heterocycles. The van der Waals surface area contributed by atoms with Gasteiger partial charge in [-0.3, -0.25) is 30.3 Å². The Hall–Kier alpha value is -2.11. The van der Waals surface area contributed by atoms with Crippen LogP contribution in [-0.2, 0) is 0 Å². The van der Waals surface area contributed by atoms with Crippen LogP contribution in [-0.4, -0.2) is 20.7 Å². The van der Waals surface area contributed by atoms with Crippen molar-refractivity contribution in [3.63, 3.8) is 0 Å². The molecule has 0 saturated heterocycles. The van der Waals surface area contributed by atoms with Gasteiger partial charge >= 0.3 is 46.6 Å². The van der Waals surface area contributed by atoms with Gasteiger partial charge in [-0.15, -0.1) is 0 Å². The molecule has 94 valence electrons. The first-order chi connectivity index (χ1) is 8.27. The summed E-state index contributed by atoms with van der Waals surface area (Å²) in [5, 5.41) is 42.3. The topological polar surface area (TPSA) is 170 Å². The molecule has 0 heterocycles. The van der Waals surface area contributed by atoms with Crippen LogP contribution in [0.4, 0.5) is 17.1 Å². The standard InChI is InChI=1S/C7H3N3O8.Na/c11-7(12)3-1-2-4(8(13)14)6(10(17)18)5(3)9(15)16;/h1-2H,(H,11,12);/q;+1/p-1. The Balaban J connectivity index is 0.00000324. The number of carboxylic acid groups (broad SMARTS) is 1. The maximum Gasteiger partial charge on any atom is 1.00 e. The average molecular weight is 279 g/mol. The van der Waals surface area contributed by atoms with Crippen LogP contribution < -0.4 is 34.7 Å². The van der Waals surface area contributed by atoms with Crippen LogP contribution in [0.15, 0.2) is 12.1 Å². The van der Waals surface area contributed by atoms with E-state index in [9.17, 15) is 40.2 Å². The molecule has 1 aromatic rings. The minimum Gasteiger partial charge on any atom is -0.545 e. The van der Waals surface area contributed by atoms with Gasteiger partial charge < -0.3 is 9.90 Å². The molecule has 0 atom stereocenters. The van der Waals surface area contributed by atoms with Gasteiger partial charge in [0.25, 0.3) is 0 Å². The Bertz CT molecular complexity index is 535. The van der Waals surface area contributed by atoms with Gasteiger partial charge in [0.15, 0.2) is 0 Å². The van der Waals surface area contributed by atoms with Gasteiger partial charge in [-0.2, -0.15) is 0 Å². The first-order valence-electron chi connectivity index (χ1n) is 4.09. The van der Waals surface area contributed by atoms with Gasteiger partial charge in [0, 0.05) is 6.07 Å². The number of carbonyl (C=O) groups excluding carboxylic acids is 1. The van der Waals surface area contributed by atoms with Crippen molar-refractivity contribution in [2.45, 2.75) is 0 Å². The summed E-state index contributed by atoms with van der Waals surface area (Å²) < 4.78 is 0. The van der Waals surface area contributed by atoms with Crippen LogP contribution >= 0.6 is 0 Å². The fraction of sp³-hybridized carbons (Fsp3) is 0. The molecular formula is C7H2N3NaO8. The van der Waals surface area contributed by atoms with Crippen LogP contribution in [0.25, 0.3) is 0 Å². The van der Waals surface area contributed by atoms with Crippen LogP contribution in [0.2, 0.25) is 0 Å². The van der Waals surface area contributed by atoms with E-state index in [1.165, 1.54) is 0 Å². The molecule has 0 bridgehead atoms. The third kappa shape index (κ3) is 3.21. The SMILES string of the molecule is O=C([O-])c1ccc([N+](=O)[O-])c([N+](=O)[O-])c1[N+](=O)[O-].[Na+]. The third-order valence-corrected chi connectivity index (χ3v) is 1.91. The molecule has 12 heteroatoms. The van der Waals surface area contributed by atoms with Gasteiger partial charge in [0.1, 0.15) is 0 Å². The second kappa shape index (κ2) is 6.17. The summed E-state index contributed by atoms with van der Waals surface area (Å²) in [5.74, 6) is -2.04. The number of nitro benzene ring substituents is 3. The number of carbonyl (C=O) groups is 1. The molecule has 0 aliphatic heterocycles. The second-order valence-corrected chi connectivity index (χ2v) is 2.89. The molecule has 0 radical (unpaired) electrons. The molecule has 19 heavy (non-hydrogen) atoms. The Morgan fingerprint density at radius 3 is 1.68 bits per heavy atom. The number of hydrogen-bond donors (Lipinski definition) is 0. The summed E-state index contributed by atoms with van der Waals surface area (Å²) in [6.07, 6.45) is 0. The molecular weight excluding hydrogens is 277 g/mol. The molecule has 0 aliphatic rings. The van der Waals surface area contributed by atoms with Crippen molar-refractivity contribution in [1.82, 2.24) is 0 Å². The van der Waals surface area contributed by atoms with Crippen LogP contribution in [0.1, 0.15) is 10.4 Å². The molecule has 0 unspecified atom stereocenters. The molecule has 1 aromatic carbocycles. The summed E-state index contributed by atoms with van der Waals surface area (Å²) >= 11 is 0. The number of rotatable bonds is 4. The smallest absolute Gasteiger partial charge is 0.545 e. The van der Waals surface area contributed by atoms with E-state index in [1.807, 2.05) is 0 Å². The normalized spacial score (nSPS) is 9.26. The van der Waals surface area contributed by atoms with Crippen molar-refractivity contribution < 1.29 is 54.2 Å². The number of nitrogens with zero attached hydrogens (tertiary/aromatic N) is 3. The average Bonchev–Trinajstić information content (AvgIpc) is 2.26. The largest absolute Gasteiger partial charge is 1.00 e. The molecule has 0 fully saturated rings. The summed E-state index contributed by atoms with van der Waals surface area (Å²) in [7, 11) is 0. The first-order valence-corrected chi connectivity index (χ1v) is 4.09. The van der Waals surface area contributed by atoms with E-state index in [1.54, 1.807) is 0 Å². The zero-order chi connectivity index (χ0) is 14.0. The van der Waals surface area contributed by atoms with E-state index < -0.39 is 43.4 Å². The molecule has 0 N–H and O–H groups in total. The van der Waals surface area contributed by atoms with Crippen LogP contribution in [0.5, 0.6) is 0 Å². The fourth-order valence-electron chi connectivity index (χ4n) is 1.25. The van der Waals surface area contributed by atoms with E-state index in [4.69, 9.17) is 0 Å². The van der Waals surface area contributed by atoms with E-state index in [-0.39, 0.29) is 29.6 Å². The number of carboxylic acids is 1. The van der Waals surface area contributed by atoms with Crippen LogP contribution in [0, 0.1) is 30.3 Å². The van der Waals surface area contributed by atoms with E-state index >= 15 is 0 Å². The second-order valence-electron chi connectivity index (χ2n) is 2.89. The monoisotopic (exact) mass is 279 g/mol. The zero-order valence-electron chi connectivity index (χ0n) is 9.26. The van der Waals surface area contributed by atoms with Crippen molar-refractivity contribution in [3.05, 3.63) is 48.0 Å². The Kier molecular flexibility index (Phi) is 5.49. The predicted octanol–water partition coefficient (Wildman–Crippen LogP) is -3.22. The van der Waals surface area contributed by atoms with Gasteiger partial charge in [0.05, 0.1) is 26.3 Å². The van der Waals surface area contributed by atoms with Gasteiger partial charge in [-0.25, -0.2) is 0 Å². The summed E-state index contributed by atoms with van der Waals surface area (Å²) in [6, 6.07) is 1.01. The fourth-order valence-corrected chi connectivity index (χ4v) is 1.25. The van der Waals surface area contributed by atoms with Crippen LogP contribution in [0.3, 0.4) is 0 Å². The maximum atomic E-state index is 10.6. The number of benzene rings is 1. The molecule has 0 amide bonds. The zero-order valence-corrected chi connectivity index (χ0v) is 11.3. The minimum absolute atomic E-state index is 0. The maximum absolute atomic E-state index is 10.6. The molecule has 1 rings (SSSR count). The molecule has 0 spiro atoms. The van der Waals surface area contributed by atoms with Crippen molar-refractivity contribution in [3.8, 4) is 0 Å². The third-order valence-electron chi connectivity index (χ3n) is 1.91. The minimum atomic E-state index is -2.04. The van der Waals surface area contributed by atoms with E-state index in [0.717, 1.165) is 0 Å². The predicted molar refractivity (Wildman–Crippen MR) is 50.7 cm³/mol. The van der Waals surface area contributed by atoms with E-state index in [2.05, 4.69) is 0 Å². The Morgan fingerprint density at radius 2 is 1.37 bits per heavy atom. The molecule has 0 saturated carbocycles. The van der Waals surface area contributed by atoms with E-state index in [0.29, 0.717) is 12.1 Å². The molecule has 0 aliphatic carbocycles. The van der Waals surface area contributed by atoms with Crippen molar-refractivity contribution >= 4 is 23.0 Å². The quantitative estimate of drug-likeness (QED) is 0.314. The van der Waals surface area contributed by atoms with Crippen molar-refractivity contribution in [2.75, 3.05) is 0 Å². The number of nitro groups is 3.